The third-order valence-electron chi connectivity index (χ3n) is 2.20. The van der Waals surface area contributed by atoms with Gasteiger partial charge in [0.2, 0.25) is 0 Å². The number of thiophene rings is 1. The van der Waals surface area contributed by atoms with Gasteiger partial charge in [-0.05, 0) is 22.9 Å². The highest BCUT2D eigenvalue weighted by Gasteiger charge is 2.26. The van der Waals surface area contributed by atoms with Crippen molar-refractivity contribution in [2.24, 2.45) is 0 Å². The smallest absolute Gasteiger partial charge is 0.545 e. The molecule has 0 saturated carbocycles. The number of ether oxygens (including phenoxy) is 1. The molecule has 0 radical (unpaired) electrons. The molecule has 0 bridgehead atoms. The van der Waals surface area contributed by atoms with Crippen molar-refractivity contribution in [2.75, 3.05) is 7.11 Å². The van der Waals surface area contributed by atoms with E-state index < -0.39 is 17.9 Å². The van der Waals surface area contributed by atoms with E-state index in [-0.39, 0.29) is 4.78 Å². The lowest BCUT2D eigenvalue weighted by Crippen LogP contribution is -2.28. The maximum absolute atomic E-state index is 11.8. The van der Waals surface area contributed by atoms with Crippen LogP contribution in [-0.4, -0.2) is 28.8 Å². The minimum atomic E-state index is -1.69. The van der Waals surface area contributed by atoms with Gasteiger partial charge in [0.1, 0.15) is 5.75 Å². The predicted octanol–water partition coefficient (Wildman–Crippen LogP) is 0.256. The Morgan fingerprint density at radius 1 is 1.40 bits per heavy atom. The number of methoxy groups -OCH3 is 1. The van der Waals surface area contributed by atoms with Gasteiger partial charge in [-0.15, -0.1) is 0 Å². The largest absolute Gasteiger partial charge is 0.590 e. The van der Waals surface area contributed by atoms with E-state index in [1.54, 1.807) is 18.2 Å². The number of fused-ring (bicyclic) bond motifs is 1. The summed E-state index contributed by atoms with van der Waals surface area (Å²) < 4.78 is 17.5. The van der Waals surface area contributed by atoms with Crippen LogP contribution in [0.3, 0.4) is 0 Å². The van der Waals surface area contributed by atoms with Crippen LogP contribution in [0.25, 0.3) is 10.1 Å². The van der Waals surface area contributed by atoms with Gasteiger partial charge >= 0.3 is 7.12 Å². The van der Waals surface area contributed by atoms with E-state index in [0.717, 1.165) is 0 Å². The highest BCUT2D eigenvalue weighted by molar-refractivity contribution is 7.39. The second kappa shape index (κ2) is 3.82. The maximum atomic E-state index is 11.8. The van der Waals surface area contributed by atoms with E-state index >= 15 is 0 Å². The van der Waals surface area contributed by atoms with Crippen molar-refractivity contribution in [3.63, 3.8) is 0 Å². The average Bonchev–Trinajstić information content (AvgIpc) is 2.56. The lowest BCUT2D eigenvalue weighted by atomic mass is 9.89. The highest BCUT2D eigenvalue weighted by Crippen LogP contribution is 2.33. The Labute approximate surface area is 89.7 Å². The first-order valence-electron chi connectivity index (χ1n) is 4.31. The van der Waals surface area contributed by atoms with E-state index in [2.05, 4.69) is 0 Å². The number of hydrogen-bond donors (Lipinski definition) is 2. The summed E-state index contributed by atoms with van der Waals surface area (Å²) in [6.45, 7) is 0. The Morgan fingerprint density at radius 2 is 2.13 bits per heavy atom. The van der Waals surface area contributed by atoms with E-state index in [4.69, 9.17) is 14.8 Å². The van der Waals surface area contributed by atoms with Crippen LogP contribution in [-0.2, 0) is 0 Å². The summed E-state index contributed by atoms with van der Waals surface area (Å²) in [5.41, 5.74) is 0. The predicted molar refractivity (Wildman–Crippen MR) is 59.0 cm³/mol. The summed E-state index contributed by atoms with van der Waals surface area (Å²) in [5, 5.41) is 18.7. The molecule has 0 aliphatic rings. The first-order valence-corrected chi connectivity index (χ1v) is 5.46. The zero-order chi connectivity index (χ0) is 11.0. The molecule has 78 valence electrons. The molecule has 2 aromatic rings. The summed E-state index contributed by atoms with van der Waals surface area (Å²) in [5.74, 6) is 0.580. The summed E-state index contributed by atoms with van der Waals surface area (Å²) in [7, 11) is -1.67. The van der Waals surface area contributed by atoms with Crippen LogP contribution in [0.15, 0.2) is 24.3 Å². The Bertz CT molecular complexity index is 494. The Kier molecular flexibility index (Phi) is 2.66. The molecule has 15 heavy (non-hydrogen) atoms. The second-order valence-electron chi connectivity index (χ2n) is 3.06. The molecule has 0 aliphatic carbocycles. The van der Waals surface area contributed by atoms with Crippen LogP contribution in [0, 0.1) is 0 Å². The van der Waals surface area contributed by atoms with Gasteiger partial charge in [-0.3, -0.25) is 0 Å². The monoisotopic (exact) mass is 224 g/mol. The minimum Gasteiger partial charge on any atom is -0.590 e. The molecule has 1 heterocycles. The van der Waals surface area contributed by atoms with Gasteiger partial charge < -0.3 is 19.3 Å². The first-order chi connectivity index (χ1) is 7.15. The standard InChI is InChI=1S/C9H9BO4S/c1-14-7-3-2-4-8-6(7)5-9(10(11)12)15(8)13/h2-5,11-12H,1H3. The topological polar surface area (TPSA) is 72.8 Å². The Balaban J connectivity index is 2.75. The number of benzene rings is 1. The molecule has 0 aliphatic heterocycles. The summed E-state index contributed by atoms with van der Waals surface area (Å²) in [4.78, 5) is 0. The second-order valence-corrected chi connectivity index (χ2v) is 4.51. The first kappa shape index (κ1) is 10.4. The molecule has 0 amide bonds. The Hall–Kier alpha value is -1.08. The summed E-state index contributed by atoms with van der Waals surface area (Å²) in [6.07, 6.45) is 0. The van der Waals surface area contributed by atoms with Crippen LogP contribution < -0.4 is 9.51 Å². The quantitative estimate of drug-likeness (QED) is 0.566. The van der Waals surface area contributed by atoms with Crippen LogP contribution in [0.1, 0.15) is 0 Å². The SMILES string of the molecule is COc1cccc2c1cc(B(O)O)[s+]2[O-]. The number of hydrogen-bond acceptors (Lipinski definition) is 4. The molecule has 0 spiro atoms. The van der Waals surface area contributed by atoms with E-state index in [1.807, 2.05) is 0 Å². The third-order valence-corrected chi connectivity index (χ3v) is 3.71. The molecule has 2 N–H and O–H groups in total. The normalized spacial score (nSPS) is 11.9. The molecule has 1 aromatic heterocycles. The molecule has 0 saturated heterocycles. The average molecular weight is 224 g/mol. The van der Waals surface area contributed by atoms with Crippen LogP contribution >= 0.6 is 10.8 Å². The van der Waals surface area contributed by atoms with Crippen molar-refractivity contribution in [3.8, 4) is 5.75 Å². The molecule has 0 fully saturated rings. The van der Waals surface area contributed by atoms with Crippen LogP contribution in [0.2, 0.25) is 0 Å². The van der Waals surface area contributed by atoms with Crippen molar-refractivity contribution < 1.29 is 19.3 Å². The molecule has 6 heteroatoms. The molecule has 1 atom stereocenters. The van der Waals surface area contributed by atoms with E-state index in [0.29, 0.717) is 15.8 Å². The number of rotatable bonds is 2. The minimum absolute atomic E-state index is 0.0921. The molecule has 2 rings (SSSR count). The van der Waals surface area contributed by atoms with Crippen molar-refractivity contribution in [1.29, 1.82) is 0 Å². The summed E-state index contributed by atoms with van der Waals surface area (Å²) in [6, 6.07) is 6.63. The van der Waals surface area contributed by atoms with Gasteiger partial charge in [0.25, 0.3) is 0 Å². The van der Waals surface area contributed by atoms with Gasteiger partial charge in [0.15, 0.2) is 9.48 Å². The van der Waals surface area contributed by atoms with Crippen LogP contribution in [0.5, 0.6) is 5.75 Å². The van der Waals surface area contributed by atoms with Gasteiger partial charge in [-0.2, -0.15) is 0 Å². The van der Waals surface area contributed by atoms with Crippen molar-refractivity contribution in [3.05, 3.63) is 24.3 Å². The lowest BCUT2D eigenvalue weighted by molar-refractivity contribution is 0.420. The highest BCUT2D eigenvalue weighted by atomic mass is 32.2. The molecular formula is C9H9BO4S. The van der Waals surface area contributed by atoms with Gasteiger partial charge in [-0.25, -0.2) is 0 Å². The fraction of sp³-hybridized carbons (Fsp3) is 0.111. The van der Waals surface area contributed by atoms with Crippen molar-refractivity contribution >= 4 is 32.7 Å². The third kappa shape index (κ3) is 1.61. The lowest BCUT2D eigenvalue weighted by Gasteiger charge is -1.98. The van der Waals surface area contributed by atoms with Crippen molar-refractivity contribution in [2.45, 2.75) is 0 Å². The zero-order valence-electron chi connectivity index (χ0n) is 8.01. The van der Waals surface area contributed by atoms with Crippen LogP contribution in [0.4, 0.5) is 0 Å². The fourth-order valence-electron chi connectivity index (χ4n) is 1.50. The molecule has 4 nitrogen and oxygen atoms in total. The van der Waals surface area contributed by atoms with E-state index in [9.17, 15) is 4.55 Å². The zero-order valence-corrected chi connectivity index (χ0v) is 8.82. The Morgan fingerprint density at radius 3 is 2.73 bits per heavy atom. The van der Waals surface area contributed by atoms with Crippen molar-refractivity contribution in [1.82, 2.24) is 0 Å². The molecule has 1 aromatic carbocycles. The molecular weight excluding hydrogens is 215 g/mol. The maximum Gasteiger partial charge on any atom is 0.545 e. The van der Waals surface area contributed by atoms with Gasteiger partial charge in [0.05, 0.1) is 12.5 Å². The fourth-order valence-corrected chi connectivity index (χ4v) is 2.73. The van der Waals surface area contributed by atoms with Gasteiger partial charge in [-0.1, -0.05) is 6.07 Å². The van der Waals surface area contributed by atoms with E-state index in [1.165, 1.54) is 13.2 Å². The summed E-state index contributed by atoms with van der Waals surface area (Å²) >= 11 is 0. The van der Waals surface area contributed by atoms with Gasteiger partial charge in [0, 0.05) is 6.07 Å². The molecule has 1 unspecified atom stereocenters.